The maximum Gasteiger partial charge on any atom is 0.251 e. The van der Waals surface area contributed by atoms with Crippen molar-refractivity contribution in [3.05, 3.63) is 40.7 Å². The summed E-state index contributed by atoms with van der Waals surface area (Å²) in [6.45, 7) is 10.6. The van der Waals surface area contributed by atoms with E-state index in [0.29, 0.717) is 5.56 Å². The molecule has 2 aromatic rings. The first-order valence-electron chi connectivity index (χ1n) is 11.9. The highest BCUT2D eigenvalue weighted by Crippen LogP contribution is 2.36. The third-order valence-corrected chi connectivity index (χ3v) is 6.67. The molecule has 0 bridgehead atoms. The van der Waals surface area contributed by atoms with Gasteiger partial charge in [0.2, 0.25) is 0 Å². The van der Waals surface area contributed by atoms with E-state index in [1.165, 1.54) is 50.9 Å². The number of unbranched alkanes of at least 4 members (excludes halogenated alkanes) is 2. The van der Waals surface area contributed by atoms with E-state index >= 15 is 0 Å². The van der Waals surface area contributed by atoms with E-state index in [2.05, 4.69) is 35.4 Å². The van der Waals surface area contributed by atoms with Gasteiger partial charge in [-0.1, -0.05) is 32.3 Å². The number of nitrogens with zero attached hydrogens (tertiary/aromatic N) is 2. The minimum absolute atomic E-state index is 0.338. The van der Waals surface area contributed by atoms with Gasteiger partial charge in [0.05, 0.1) is 12.7 Å². The molecular formula is C26H39N3O2. The van der Waals surface area contributed by atoms with Crippen LogP contribution < -0.4 is 10.5 Å². The maximum absolute atomic E-state index is 12.6. The Morgan fingerprint density at radius 3 is 2.45 bits per heavy atom. The van der Waals surface area contributed by atoms with E-state index in [-0.39, 0.29) is 5.91 Å². The average Bonchev–Trinajstić information content (AvgIpc) is 3.04. The monoisotopic (exact) mass is 425 g/mol. The Hall–Kier alpha value is -2.27. The fourth-order valence-corrected chi connectivity index (χ4v) is 4.97. The number of likely N-dealkylation sites (tertiary alicyclic amines) is 1. The topological polar surface area (TPSA) is 60.5 Å². The van der Waals surface area contributed by atoms with Gasteiger partial charge in [-0.2, -0.15) is 0 Å². The smallest absolute Gasteiger partial charge is 0.251 e. The Labute approximate surface area is 187 Å². The maximum atomic E-state index is 12.6. The normalized spacial score (nSPS) is 14.7. The van der Waals surface area contributed by atoms with Crippen LogP contribution in [0.5, 0.6) is 5.75 Å². The second-order valence-corrected chi connectivity index (χ2v) is 8.84. The molecule has 31 heavy (non-hydrogen) atoms. The zero-order valence-electron chi connectivity index (χ0n) is 19.8. The lowest BCUT2D eigenvalue weighted by molar-refractivity contribution is 0.1000. The third kappa shape index (κ3) is 5.32. The molecule has 0 atom stereocenters. The zero-order chi connectivity index (χ0) is 22.4. The number of methoxy groups -OCH3 is 1. The molecule has 0 spiro atoms. The van der Waals surface area contributed by atoms with Gasteiger partial charge in [-0.3, -0.25) is 4.79 Å². The summed E-state index contributed by atoms with van der Waals surface area (Å²) in [6.07, 6.45) is 8.35. The molecule has 1 aromatic heterocycles. The Morgan fingerprint density at radius 1 is 1.10 bits per heavy atom. The Balaban J connectivity index is 2.05. The third-order valence-electron chi connectivity index (χ3n) is 6.67. The Morgan fingerprint density at radius 2 is 1.84 bits per heavy atom. The summed E-state index contributed by atoms with van der Waals surface area (Å²) in [5.41, 5.74) is 12.0. The number of hydrogen-bond acceptors (Lipinski definition) is 3. The van der Waals surface area contributed by atoms with Gasteiger partial charge in [-0.05, 0) is 75.9 Å². The van der Waals surface area contributed by atoms with Crippen molar-refractivity contribution in [3.8, 4) is 16.9 Å². The van der Waals surface area contributed by atoms with Crippen molar-refractivity contribution in [1.29, 1.82) is 0 Å². The number of aromatic nitrogens is 1. The first kappa shape index (κ1) is 23.4. The van der Waals surface area contributed by atoms with Crippen molar-refractivity contribution >= 4 is 5.91 Å². The molecule has 1 amide bonds. The quantitative estimate of drug-likeness (QED) is 0.539. The van der Waals surface area contributed by atoms with E-state index in [1.807, 2.05) is 13.0 Å². The minimum Gasteiger partial charge on any atom is -0.496 e. The highest BCUT2D eigenvalue weighted by atomic mass is 16.5. The molecule has 1 fully saturated rings. The van der Waals surface area contributed by atoms with Crippen LogP contribution in [0.15, 0.2) is 18.2 Å². The molecule has 0 saturated carbocycles. The van der Waals surface area contributed by atoms with Crippen LogP contribution in [0.1, 0.15) is 72.8 Å². The molecule has 0 aliphatic carbocycles. The van der Waals surface area contributed by atoms with E-state index in [1.54, 1.807) is 7.11 Å². The standard InChI is InChI=1S/C26H39N3O2/c1-5-6-8-11-22-25(21-12-13-23(31-4)19(2)18-21)24(26(27)30)20(3)29(22)17-16-28-14-9-7-10-15-28/h12-13,18H,5-11,14-17H2,1-4H3,(H2,27,30). The number of aryl methyl sites for hydroxylation is 1. The van der Waals surface area contributed by atoms with Crippen LogP contribution >= 0.6 is 0 Å². The van der Waals surface area contributed by atoms with Crippen LogP contribution in [0.2, 0.25) is 0 Å². The first-order chi connectivity index (χ1) is 15.0. The van der Waals surface area contributed by atoms with Gasteiger partial charge in [-0.15, -0.1) is 0 Å². The van der Waals surface area contributed by atoms with Crippen molar-refractivity contribution < 1.29 is 9.53 Å². The summed E-state index contributed by atoms with van der Waals surface area (Å²) in [5, 5.41) is 0. The average molecular weight is 426 g/mol. The number of hydrogen-bond donors (Lipinski definition) is 1. The van der Waals surface area contributed by atoms with Gasteiger partial charge >= 0.3 is 0 Å². The zero-order valence-corrected chi connectivity index (χ0v) is 19.8. The van der Waals surface area contributed by atoms with E-state index < -0.39 is 0 Å². The van der Waals surface area contributed by atoms with E-state index in [4.69, 9.17) is 10.5 Å². The number of piperidine rings is 1. The fraction of sp³-hybridized carbons (Fsp3) is 0.577. The lowest BCUT2D eigenvalue weighted by atomic mass is 9.96. The van der Waals surface area contributed by atoms with Gasteiger partial charge in [0, 0.05) is 30.0 Å². The summed E-state index contributed by atoms with van der Waals surface area (Å²) in [5.74, 6) is 0.521. The summed E-state index contributed by atoms with van der Waals surface area (Å²) < 4.78 is 7.83. The molecule has 0 unspecified atom stereocenters. The predicted octanol–water partition coefficient (Wildman–Crippen LogP) is 5.10. The summed E-state index contributed by atoms with van der Waals surface area (Å²) in [4.78, 5) is 15.2. The molecule has 3 rings (SSSR count). The van der Waals surface area contributed by atoms with E-state index in [0.717, 1.165) is 54.1 Å². The van der Waals surface area contributed by atoms with Crippen LogP contribution in [0, 0.1) is 13.8 Å². The highest BCUT2D eigenvalue weighted by molar-refractivity contribution is 6.02. The fourth-order valence-electron chi connectivity index (χ4n) is 4.97. The molecule has 1 aliphatic rings. The predicted molar refractivity (Wildman–Crippen MR) is 128 cm³/mol. The molecule has 1 saturated heterocycles. The number of primary amides is 1. The Bertz CT molecular complexity index is 895. The first-order valence-corrected chi connectivity index (χ1v) is 11.9. The molecule has 1 aliphatic heterocycles. The molecular weight excluding hydrogens is 386 g/mol. The number of nitrogens with two attached hydrogens (primary N) is 1. The van der Waals surface area contributed by atoms with Gasteiger partial charge in [0.1, 0.15) is 5.75 Å². The van der Waals surface area contributed by atoms with Crippen LogP contribution in [0.4, 0.5) is 0 Å². The van der Waals surface area contributed by atoms with Crippen molar-refractivity contribution in [2.45, 2.75) is 72.3 Å². The van der Waals surface area contributed by atoms with Crippen LogP contribution in [-0.2, 0) is 13.0 Å². The van der Waals surface area contributed by atoms with E-state index in [9.17, 15) is 4.79 Å². The SMILES string of the molecule is CCCCCc1c(-c2ccc(OC)c(C)c2)c(C(N)=O)c(C)n1CCN1CCCCC1. The molecule has 5 nitrogen and oxygen atoms in total. The van der Waals surface area contributed by atoms with Crippen molar-refractivity contribution in [1.82, 2.24) is 9.47 Å². The Kier molecular flexibility index (Phi) is 8.19. The van der Waals surface area contributed by atoms with Crippen LogP contribution in [0.3, 0.4) is 0 Å². The number of carbonyl (C=O) groups is 1. The largest absolute Gasteiger partial charge is 0.496 e. The molecule has 2 N–H and O–H groups in total. The lowest BCUT2D eigenvalue weighted by Crippen LogP contribution is -2.33. The number of carbonyl (C=O) groups excluding carboxylic acids is 1. The lowest BCUT2D eigenvalue weighted by Gasteiger charge is -2.27. The second kappa shape index (κ2) is 10.9. The van der Waals surface area contributed by atoms with Crippen molar-refractivity contribution in [3.63, 3.8) is 0 Å². The van der Waals surface area contributed by atoms with Gasteiger partial charge in [0.15, 0.2) is 0 Å². The summed E-state index contributed by atoms with van der Waals surface area (Å²) >= 11 is 0. The number of ether oxygens (including phenoxy) is 1. The van der Waals surface area contributed by atoms with Gasteiger partial charge < -0.3 is 19.9 Å². The van der Waals surface area contributed by atoms with Crippen molar-refractivity contribution in [2.24, 2.45) is 5.73 Å². The van der Waals surface area contributed by atoms with Gasteiger partial charge in [-0.25, -0.2) is 0 Å². The molecule has 1 aromatic carbocycles. The minimum atomic E-state index is -0.338. The molecule has 0 radical (unpaired) electrons. The molecule has 170 valence electrons. The van der Waals surface area contributed by atoms with Crippen LogP contribution in [-0.4, -0.2) is 42.1 Å². The molecule has 2 heterocycles. The summed E-state index contributed by atoms with van der Waals surface area (Å²) in [7, 11) is 1.69. The number of rotatable bonds is 10. The van der Waals surface area contributed by atoms with Crippen LogP contribution in [0.25, 0.3) is 11.1 Å². The van der Waals surface area contributed by atoms with Crippen molar-refractivity contribution in [2.75, 3.05) is 26.7 Å². The highest BCUT2D eigenvalue weighted by Gasteiger charge is 2.25. The van der Waals surface area contributed by atoms with Gasteiger partial charge in [0.25, 0.3) is 5.91 Å². The number of benzene rings is 1. The number of amides is 1. The molecule has 5 heteroatoms. The second-order valence-electron chi connectivity index (χ2n) is 8.84. The summed E-state index contributed by atoms with van der Waals surface area (Å²) in [6, 6.07) is 6.18.